The molecule has 0 fully saturated rings. The summed E-state index contributed by atoms with van der Waals surface area (Å²) in [6, 6.07) is 20.6. The highest BCUT2D eigenvalue weighted by Crippen LogP contribution is 2.41. The average molecular weight is 324 g/mol. The molecule has 2 aromatic carbocycles. The van der Waals surface area contributed by atoms with Crippen LogP contribution >= 0.6 is 0 Å². The SMILES string of the molecule is CCC(C)CC(c1ccccc1)(c1ccccc1)N(C)C(=O)NC. The molecule has 1 N–H and O–H groups in total. The lowest BCUT2D eigenvalue weighted by Crippen LogP contribution is -2.51. The van der Waals surface area contributed by atoms with Gasteiger partial charge in [0, 0.05) is 14.1 Å². The summed E-state index contributed by atoms with van der Waals surface area (Å²) in [5.41, 5.74) is 1.79. The van der Waals surface area contributed by atoms with Crippen LogP contribution in [-0.4, -0.2) is 25.0 Å². The van der Waals surface area contributed by atoms with Gasteiger partial charge in [0.15, 0.2) is 0 Å². The van der Waals surface area contributed by atoms with Crippen molar-refractivity contribution in [3.05, 3.63) is 71.8 Å². The van der Waals surface area contributed by atoms with Gasteiger partial charge in [-0.15, -0.1) is 0 Å². The van der Waals surface area contributed by atoms with Gasteiger partial charge in [0.05, 0.1) is 5.54 Å². The molecule has 1 atom stereocenters. The maximum absolute atomic E-state index is 12.6. The molecule has 2 amide bonds. The Hall–Kier alpha value is -2.29. The van der Waals surface area contributed by atoms with Crippen LogP contribution < -0.4 is 5.32 Å². The van der Waals surface area contributed by atoms with Crippen LogP contribution in [0.5, 0.6) is 0 Å². The van der Waals surface area contributed by atoms with Gasteiger partial charge in [-0.3, -0.25) is 0 Å². The molecule has 0 bridgehead atoms. The number of hydrogen-bond donors (Lipinski definition) is 1. The molecule has 0 spiro atoms. The van der Waals surface area contributed by atoms with Gasteiger partial charge >= 0.3 is 6.03 Å². The zero-order chi connectivity index (χ0) is 17.6. The fraction of sp³-hybridized carbons (Fsp3) is 0.381. The first kappa shape index (κ1) is 18.1. The number of carbonyl (C=O) groups excluding carboxylic acids is 1. The molecule has 0 aliphatic heterocycles. The molecular formula is C21H28N2O. The molecule has 0 heterocycles. The standard InChI is InChI=1S/C21H28N2O/c1-5-17(2)16-21(23(4)20(24)22-3,18-12-8-6-9-13-18)19-14-10-7-11-15-19/h6-15,17H,5,16H2,1-4H3,(H,22,24). The van der Waals surface area contributed by atoms with Crippen LogP contribution in [0.15, 0.2) is 60.7 Å². The molecule has 2 rings (SSSR count). The fourth-order valence-electron chi connectivity index (χ4n) is 3.34. The molecule has 24 heavy (non-hydrogen) atoms. The minimum absolute atomic E-state index is 0.0778. The molecule has 0 saturated carbocycles. The predicted octanol–water partition coefficient (Wildman–Crippen LogP) is 4.64. The molecule has 0 saturated heterocycles. The van der Waals surface area contributed by atoms with E-state index in [4.69, 9.17) is 0 Å². The summed E-state index contributed by atoms with van der Waals surface area (Å²) in [5.74, 6) is 0.484. The third-order valence-corrected chi connectivity index (χ3v) is 4.93. The van der Waals surface area contributed by atoms with Gasteiger partial charge in [0.25, 0.3) is 0 Å². The van der Waals surface area contributed by atoms with Crippen molar-refractivity contribution >= 4 is 6.03 Å². The number of nitrogens with one attached hydrogen (secondary N) is 1. The van der Waals surface area contributed by atoms with Crippen LogP contribution in [0.25, 0.3) is 0 Å². The number of nitrogens with zero attached hydrogens (tertiary/aromatic N) is 1. The van der Waals surface area contributed by atoms with Crippen molar-refractivity contribution in [3.8, 4) is 0 Å². The van der Waals surface area contributed by atoms with E-state index in [9.17, 15) is 4.79 Å². The summed E-state index contributed by atoms with van der Waals surface area (Å²) in [7, 11) is 3.57. The topological polar surface area (TPSA) is 32.3 Å². The highest BCUT2D eigenvalue weighted by atomic mass is 16.2. The van der Waals surface area contributed by atoms with E-state index >= 15 is 0 Å². The van der Waals surface area contributed by atoms with Gasteiger partial charge in [-0.2, -0.15) is 0 Å². The monoisotopic (exact) mass is 324 g/mol. The molecule has 0 aliphatic carbocycles. The zero-order valence-corrected chi connectivity index (χ0v) is 15.1. The lowest BCUT2D eigenvalue weighted by atomic mass is 9.75. The maximum Gasteiger partial charge on any atom is 0.317 e. The maximum atomic E-state index is 12.6. The van der Waals surface area contributed by atoms with Gasteiger partial charge in [-0.05, 0) is 23.5 Å². The van der Waals surface area contributed by atoms with E-state index in [1.807, 2.05) is 48.3 Å². The van der Waals surface area contributed by atoms with Crippen LogP contribution in [-0.2, 0) is 5.54 Å². The lowest BCUT2D eigenvalue weighted by molar-refractivity contribution is 0.139. The largest absolute Gasteiger partial charge is 0.341 e. The molecule has 2 aromatic rings. The molecular weight excluding hydrogens is 296 g/mol. The van der Waals surface area contributed by atoms with Crippen molar-refractivity contribution in [2.45, 2.75) is 32.2 Å². The third-order valence-electron chi connectivity index (χ3n) is 4.93. The van der Waals surface area contributed by atoms with E-state index < -0.39 is 5.54 Å². The smallest absolute Gasteiger partial charge is 0.317 e. The third kappa shape index (κ3) is 3.45. The van der Waals surface area contributed by atoms with E-state index in [0.717, 1.165) is 24.0 Å². The van der Waals surface area contributed by atoms with Crippen molar-refractivity contribution in [1.29, 1.82) is 0 Å². The first-order valence-electron chi connectivity index (χ1n) is 8.62. The van der Waals surface area contributed by atoms with Gasteiger partial charge in [-0.1, -0.05) is 80.9 Å². The highest BCUT2D eigenvalue weighted by molar-refractivity contribution is 5.75. The first-order valence-corrected chi connectivity index (χ1v) is 8.62. The number of urea groups is 1. The fourth-order valence-corrected chi connectivity index (χ4v) is 3.34. The minimum atomic E-state index is -0.488. The summed E-state index contributed by atoms with van der Waals surface area (Å²) < 4.78 is 0. The number of benzene rings is 2. The molecule has 0 aliphatic rings. The minimum Gasteiger partial charge on any atom is -0.341 e. The Kier molecular flexibility index (Phi) is 6.02. The molecule has 128 valence electrons. The van der Waals surface area contributed by atoms with E-state index in [-0.39, 0.29) is 6.03 Å². The van der Waals surface area contributed by atoms with Crippen molar-refractivity contribution in [3.63, 3.8) is 0 Å². The van der Waals surface area contributed by atoms with Crippen molar-refractivity contribution in [1.82, 2.24) is 10.2 Å². The van der Waals surface area contributed by atoms with Gasteiger partial charge in [0.2, 0.25) is 0 Å². The normalized spacial score (nSPS) is 12.5. The summed E-state index contributed by atoms with van der Waals surface area (Å²) in [4.78, 5) is 14.4. The average Bonchev–Trinajstić information content (AvgIpc) is 2.66. The van der Waals surface area contributed by atoms with E-state index in [1.165, 1.54) is 0 Å². The Labute approximate surface area is 145 Å². The molecule has 3 heteroatoms. The number of amides is 2. The van der Waals surface area contributed by atoms with Gasteiger partial charge in [-0.25, -0.2) is 4.79 Å². The van der Waals surface area contributed by atoms with Gasteiger partial charge < -0.3 is 10.2 Å². The molecule has 0 radical (unpaired) electrons. The Morgan fingerprint density at radius 1 is 1.04 bits per heavy atom. The van der Waals surface area contributed by atoms with Crippen LogP contribution in [0.1, 0.15) is 37.8 Å². The second kappa shape index (κ2) is 8.00. The van der Waals surface area contributed by atoms with Crippen LogP contribution in [0.2, 0.25) is 0 Å². The second-order valence-electron chi connectivity index (χ2n) is 6.42. The summed E-state index contributed by atoms with van der Waals surface area (Å²) in [6.45, 7) is 4.45. The predicted molar refractivity (Wildman–Crippen MR) is 100.0 cm³/mol. The van der Waals surface area contributed by atoms with Crippen molar-refractivity contribution in [2.24, 2.45) is 5.92 Å². The first-order chi connectivity index (χ1) is 11.6. The van der Waals surface area contributed by atoms with E-state index in [0.29, 0.717) is 5.92 Å². The number of carbonyl (C=O) groups is 1. The van der Waals surface area contributed by atoms with Crippen molar-refractivity contribution in [2.75, 3.05) is 14.1 Å². The summed E-state index contributed by atoms with van der Waals surface area (Å²) in [6.07, 6.45) is 1.95. The molecule has 0 aromatic heterocycles. The summed E-state index contributed by atoms with van der Waals surface area (Å²) in [5, 5.41) is 2.79. The summed E-state index contributed by atoms with van der Waals surface area (Å²) >= 11 is 0. The van der Waals surface area contributed by atoms with E-state index in [1.54, 1.807) is 7.05 Å². The quantitative estimate of drug-likeness (QED) is 0.825. The number of rotatable bonds is 6. The highest BCUT2D eigenvalue weighted by Gasteiger charge is 2.41. The number of hydrogen-bond acceptors (Lipinski definition) is 1. The van der Waals surface area contributed by atoms with Crippen LogP contribution in [0, 0.1) is 5.92 Å². The van der Waals surface area contributed by atoms with E-state index in [2.05, 4.69) is 43.4 Å². The Balaban J connectivity index is 2.70. The van der Waals surface area contributed by atoms with Crippen LogP contribution in [0.3, 0.4) is 0 Å². The Morgan fingerprint density at radius 2 is 1.50 bits per heavy atom. The Morgan fingerprint density at radius 3 is 1.88 bits per heavy atom. The zero-order valence-electron chi connectivity index (χ0n) is 15.1. The molecule has 3 nitrogen and oxygen atoms in total. The van der Waals surface area contributed by atoms with Crippen LogP contribution in [0.4, 0.5) is 4.79 Å². The Bertz CT molecular complexity index is 600. The van der Waals surface area contributed by atoms with Gasteiger partial charge in [0.1, 0.15) is 0 Å². The second-order valence-corrected chi connectivity index (χ2v) is 6.42. The molecule has 1 unspecified atom stereocenters. The van der Waals surface area contributed by atoms with Crippen molar-refractivity contribution < 1.29 is 4.79 Å². The lowest BCUT2D eigenvalue weighted by Gasteiger charge is -2.44.